The van der Waals surface area contributed by atoms with Gasteiger partial charge in [-0.2, -0.15) is 5.26 Å². The first-order chi connectivity index (χ1) is 17.9. The third-order valence-electron chi connectivity index (χ3n) is 6.30. The van der Waals surface area contributed by atoms with Crippen LogP contribution in [0.3, 0.4) is 0 Å². The van der Waals surface area contributed by atoms with E-state index in [4.69, 9.17) is 24.7 Å². The number of nitriles is 1. The van der Waals surface area contributed by atoms with Crippen molar-refractivity contribution in [1.82, 2.24) is 0 Å². The van der Waals surface area contributed by atoms with Gasteiger partial charge in [0.05, 0.1) is 12.5 Å². The van der Waals surface area contributed by atoms with Gasteiger partial charge in [-0.3, -0.25) is 0 Å². The zero-order valence-electron chi connectivity index (χ0n) is 21.2. The van der Waals surface area contributed by atoms with Gasteiger partial charge in [-0.1, -0.05) is 43.7 Å². The molecule has 4 rings (SSSR count). The number of aryl methyl sites for hydroxylation is 1. The molecule has 0 aromatic heterocycles. The minimum absolute atomic E-state index is 0.0185. The summed E-state index contributed by atoms with van der Waals surface area (Å²) in [4.78, 5) is 12.4. The van der Waals surface area contributed by atoms with Gasteiger partial charge in [-0.05, 0) is 61.2 Å². The lowest BCUT2D eigenvalue weighted by Crippen LogP contribution is -2.21. The van der Waals surface area contributed by atoms with E-state index in [1.165, 1.54) is 0 Å². The zero-order valence-corrected chi connectivity index (χ0v) is 21.2. The van der Waals surface area contributed by atoms with E-state index in [1.54, 1.807) is 18.2 Å². The third-order valence-corrected chi connectivity index (χ3v) is 6.30. The normalized spacial score (nSPS) is 14.3. The Morgan fingerprint density at radius 1 is 1.05 bits per heavy atom. The fraction of sp³-hybridized carbons (Fsp3) is 0.267. The van der Waals surface area contributed by atoms with E-state index in [0.717, 1.165) is 40.8 Å². The number of nitrogens with zero attached hydrogens (tertiary/aromatic N) is 1. The predicted molar refractivity (Wildman–Crippen MR) is 140 cm³/mol. The smallest absolute Gasteiger partial charge is 0.349 e. The molecule has 3 aromatic carbocycles. The first kappa shape index (κ1) is 25.6. The Bertz CT molecular complexity index is 1360. The third kappa shape index (κ3) is 5.87. The van der Waals surface area contributed by atoms with Crippen LogP contribution in [-0.2, 0) is 4.79 Å². The Hall–Kier alpha value is -4.44. The quantitative estimate of drug-likeness (QED) is 0.230. The summed E-state index contributed by atoms with van der Waals surface area (Å²) in [5.41, 5.74) is 10.1. The number of allylic oxidation sites excluding steroid dienone is 1. The first-order valence-corrected chi connectivity index (χ1v) is 12.2. The van der Waals surface area contributed by atoms with Crippen LogP contribution in [0.15, 0.2) is 72.1 Å². The molecule has 0 spiro atoms. The number of esters is 1. The second-order valence-electron chi connectivity index (χ2n) is 8.86. The summed E-state index contributed by atoms with van der Waals surface area (Å²) in [6.45, 7) is 6.45. The van der Waals surface area contributed by atoms with E-state index in [2.05, 4.69) is 13.0 Å². The van der Waals surface area contributed by atoms with Crippen molar-refractivity contribution in [2.75, 3.05) is 13.2 Å². The van der Waals surface area contributed by atoms with Crippen molar-refractivity contribution in [2.45, 2.75) is 39.5 Å². The highest BCUT2D eigenvalue weighted by Crippen LogP contribution is 2.43. The lowest BCUT2D eigenvalue weighted by molar-refractivity contribution is -0.136. The van der Waals surface area contributed by atoms with Crippen LogP contribution in [-0.4, -0.2) is 19.2 Å². The lowest BCUT2D eigenvalue weighted by atomic mass is 9.83. The highest BCUT2D eigenvalue weighted by molar-refractivity contribution is 5.74. The number of ether oxygens (including phenoxy) is 4. The molecule has 1 unspecified atom stereocenters. The maximum Gasteiger partial charge on any atom is 0.349 e. The van der Waals surface area contributed by atoms with Crippen LogP contribution in [0.2, 0.25) is 0 Å². The van der Waals surface area contributed by atoms with Gasteiger partial charge >= 0.3 is 5.97 Å². The SMILES string of the molecule is CCCCOc1ccc(C2C(C#N)=C(N)Oc3cc(OC(=O)COc4cccc(C)c4C)ccc32)cc1. The Labute approximate surface area is 217 Å². The summed E-state index contributed by atoms with van der Waals surface area (Å²) in [7, 11) is 0. The topological polar surface area (TPSA) is 104 Å². The molecule has 0 radical (unpaired) electrons. The number of rotatable bonds is 9. The average molecular weight is 499 g/mol. The summed E-state index contributed by atoms with van der Waals surface area (Å²) in [5, 5.41) is 9.80. The Kier molecular flexibility index (Phi) is 7.99. The van der Waals surface area contributed by atoms with Crippen LogP contribution in [0.4, 0.5) is 0 Å². The second kappa shape index (κ2) is 11.5. The summed E-state index contributed by atoms with van der Waals surface area (Å²) < 4.78 is 22.6. The van der Waals surface area contributed by atoms with E-state index in [0.29, 0.717) is 29.4 Å². The largest absolute Gasteiger partial charge is 0.494 e. The highest BCUT2D eigenvalue weighted by Gasteiger charge is 2.31. The molecule has 0 saturated heterocycles. The predicted octanol–water partition coefficient (Wildman–Crippen LogP) is 5.68. The van der Waals surface area contributed by atoms with Crippen molar-refractivity contribution in [3.8, 4) is 29.1 Å². The van der Waals surface area contributed by atoms with Gasteiger partial charge < -0.3 is 24.7 Å². The van der Waals surface area contributed by atoms with Crippen molar-refractivity contribution in [3.05, 3.63) is 94.4 Å². The van der Waals surface area contributed by atoms with Crippen LogP contribution in [0, 0.1) is 25.2 Å². The molecular weight excluding hydrogens is 468 g/mol. The van der Waals surface area contributed by atoms with Gasteiger partial charge in [-0.25, -0.2) is 4.79 Å². The maximum atomic E-state index is 12.4. The monoisotopic (exact) mass is 498 g/mol. The Morgan fingerprint density at radius 3 is 2.54 bits per heavy atom. The molecule has 3 aromatic rings. The molecule has 0 fully saturated rings. The molecule has 7 heteroatoms. The number of carbonyl (C=O) groups excluding carboxylic acids is 1. The molecule has 37 heavy (non-hydrogen) atoms. The van der Waals surface area contributed by atoms with E-state index in [9.17, 15) is 10.1 Å². The van der Waals surface area contributed by atoms with Crippen molar-refractivity contribution in [3.63, 3.8) is 0 Å². The molecule has 1 aliphatic rings. The van der Waals surface area contributed by atoms with Gasteiger partial charge in [0.2, 0.25) is 5.88 Å². The van der Waals surface area contributed by atoms with E-state index in [-0.39, 0.29) is 12.5 Å². The second-order valence-corrected chi connectivity index (χ2v) is 8.86. The lowest BCUT2D eigenvalue weighted by Gasteiger charge is -2.26. The number of fused-ring (bicyclic) bond motifs is 1. The standard InChI is InChI=1S/C30H30N2O5/c1-4-5-15-34-22-11-9-21(10-12-22)29-24-14-13-23(16-27(24)37-30(32)25(29)17-31)36-28(33)18-35-26-8-6-7-19(2)20(26)3/h6-14,16,29H,4-5,15,18,32H2,1-3H3. The van der Waals surface area contributed by atoms with E-state index < -0.39 is 11.9 Å². The molecule has 1 heterocycles. The maximum absolute atomic E-state index is 12.4. The van der Waals surface area contributed by atoms with Crippen molar-refractivity contribution < 1.29 is 23.7 Å². The summed E-state index contributed by atoms with van der Waals surface area (Å²) >= 11 is 0. The van der Waals surface area contributed by atoms with Crippen LogP contribution in [0.5, 0.6) is 23.0 Å². The van der Waals surface area contributed by atoms with Gasteiger partial charge in [0.1, 0.15) is 34.6 Å². The molecule has 1 aliphatic heterocycles. The minimum atomic E-state index is -0.548. The van der Waals surface area contributed by atoms with Gasteiger partial charge in [0.15, 0.2) is 6.61 Å². The number of hydrogen-bond donors (Lipinski definition) is 1. The average Bonchev–Trinajstić information content (AvgIpc) is 2.89. The number of unbranched alkanes of at least 4 members (excludes halogenated alkanes) is 1. The van der Waals surface area contributed by atoms with Crippen molar-refractivity contribution >= 4 is 5.97 Å². The summed E-state index contributed by atoms with van der Waals surface area (Å²) in [5.74, 6) is 1.17. The molecule has 190 valence electrons. The first-order valence-electron chi connectivity index (χ1n) is 12.2. The van der Waals surface area contributed by atoms with E-state index in [1.807, 2.05) is 56.3 Å². The molecule has 2 N–H and O–H groups in total. The van der Waals surface area contributed by atoms with Crippen molar-refractivity contribution in [1.29, 1.82) is 5.26 Å². The number of carbonyl (C=O) groups is 1. The molecule has 0 amide bonds. The van der Waals surface area contributed by atoms with Crippen molar-refractivity contribution in [2.24, 2.45) is 5.73 Å². The molecule has 7 nitrogen and oxygen atoms in total. The Balaban J connectivity index is 1.51. The summed E-state index contributed by atoms with van der Waals surface area (Å²) in [6, 6.07) is 20.5. The molecule has 0 bridgehead atoms. The van der Waals surface area contributed by atoms with Crippen LogP contribution < -0.4 is 24.7 Å². The fourth-order valence-electron chi connectivity index (χ4n) is 4.11. The van der Waals surface area contributed by atoms with Gasteiger partial charge in [0, 0.05) is 11.6 Å². The molecule has 1 atom stereocenters. The van der Waals surface area contributed by atoms with Crippen LogP contribution in [0.25, 0.3) is 0 Å². The highest BCUT2D eigenvalue weighted by atomic mass is 16.6. The van der Waals surface area contributed by atoms with Crippen LogP contribution >= 0.6 is 0 Å². The molecular formula is C30H30N2O5. The van der Waals surface area contributed by atoms with E-state index >= 15 is 0 Å². The minimum Gasteiger partial charge on any atom is -0.494 e. The molecule has 0 saturated carbocycles. The zero-order chi connectivity index (χ0) is 26.4. The summed E-state index contributed by atoms with van der Waals surface area (Å²) in [6.07, 6.45) is 2.04. The fourth-order valence-corrected chi connectivity index (χ4v) is 4.11. The van der Waals surface area contributed by atoms with Crippen LogP contribution in [0.1, 0.15) is 47.9 Å². The molecule has 0 aliphatic carbocycles. The number of hydrogen-bond acceptors (Lipinski definition) is 7. The number of benzene rings is 3. The van der Waals surface area contributed by atoms with Gasteiger partial charge in [-0.15, -0.1) is 0 Å². The Morgan fingerprint density at radius 2 is 1.81 bits per heavy atom. The number of nitrogens with two attached hydrogens (primary N) is 1. The van der Waals surface area contributed by atoms with Gasteiger partial charge in [0.25, 0.3) is 0 Å².